The molecule has 3 rings (SSSR count). The number of nitrogens with one attached hydrogen (secondary N) is 2. The fraction of sp³-hybridized carbons (Fsp3) is 0.409. The molecule has 0 bridgehead atoms. The zero-order chi connectivity index (χ0) is 24.0. The number of anilines is 3. The van der Waals surface area contributed by atoms with Crippen molar-refractivity contribution in [1.82, 2.24) is 14.9 Å². The van der Waals surface area contributed by atoms with Gasteiger partial charge in [0.2, 0.25) is 11.8 Å². The first-order chi connectivity index (χ1) is 15.6. The van der Waals surface area contributed by atoms with E-state index >= 15 is 0 Å². The van der Waals surface area contributed by atoms with Gasteiger partial charge in [-0.25, -0.2) is 9.78 Å². The molecule has 1 aliphatic heterocycles. The summed E-state index contributed by atoms with van der Waals surface area (Å²) in [5, 5.41) is 17.6. The normalized spacial score (nSPS) is 15.5. The molecule has 2 heterocycles. The molecule has 1 aromatic carbocycles. The van der Waals surface area contributed by atoms with Crippen LogP contribution in [0.5, 0.6) is 5.75 Å². The summed E-state index contributed by atoms with van der Waals surface area (Å²) in [6, 6.07) is 6.78. The van der Waals surface area contributed by atoms with Crippen LogP contribution >= 0.6 is 0 Å². The molecule has 0 radical (unpaired) electrons. The molecular formula is C22H26N6O5. The summed E-state index contributed by atoms with van der Waals surface area (Å²) in [7, 11) is 0. The van der Waals surface area contributed by atoms with E-state index in [1.807, 2.05) is 0 Å². The molecule has 11 nitrogen and oxygen atoms in total. The van der Waals surface area contributed by atoms with E-state index in [1.165, 1.54) is 0 Å². The van der Waals surface area contributed by atoms with E-state index in [1.54, 1.807) is 49.9 Å². The van der Waals surface area contributed by atoms with Crippen LogP contribution in [0, 0.1) is 22.5 Å². The summed E-state index contributed by atoms with van der Waals surface area (Å²) < 4.78 is 10.8. The Bertz CT molecular complexity index is 1060. The molecule has 1 unspecified atom stereocenters. The maximum atomic E-state index is 12.3. The number of terminal acetylenes is 1. The van der Waals surface area contributed by atoms with E-state index in [4.69, 9.17) is 15.9 Å². The molecule has 0 aliphatic carbocycles. The maximum Gasteiger partial charge on any atom is 0.410 e. The highest BCUT2D eigenvalue weighted by atomic mass is 16.6. The smallest absolute Gasteiger partial charge is 0.410 e. The number of benzene rings is 1. The highest BCUT2D eigenvalue weighted by Crippen LogP contribution is 2.27. The van der Waals surface area contributed by atoms with E-state index < -0.39 is 16.6 Å². The molecule has 2 N–H and O–H groups in total. The van der Waals surface area contributed by atoms with Crippen LogP contribution in [-0.2, 0) is 4.74 Å². The Labute approximate surface area is 191 Å². The van der Waals surface area contributed by atoms with E-state index in [9.17, 15) is 14.9 Å². The third-order valence-electron chi connectivity index (χ3n) is 4.56. The summed E-state index contributed by atoms with van der Waals surface area (Å²) >= 11 is 0. The van der Waals surface area contributed by atoms with Crippen molar-refractivity contribution in [2.45, 2.75) is 38.8 Å². The van der Waals surface area contributed by atoms with E-state index in [-0.39, 0.29) is 30.1 Å². The standard InChI is InChI=1S/C22H26N6O5/c1-5-11-32-17-8-6-7-15(12-17)25-20-23-13-18(28(30)31)19(26-20)24-16-9-10-27(14-16)21(29)33-22(2,3)4/h1,6-8,12-13,16H,9-11,14H2,2-4H3,(H2,23,24,25,26). The average molecular weight is 454 g/mol. The lowest BCUT2D eigenvalue weighted by molar-refractivity contribution is -0.384. The first kappa shape index (κ1) is 23.6. The van der Waals surface area contributed by atoms with Crippen LogP contribution in [0.25, 0.3) is 0 Å². The van der Waals surface area contributed by atoms with Crippen LogP contribution < -0.4 is 15.4 Å². The summed E-state index contributed by atoms with van der Waals surface area (Å²) in [5.41, 5.74) is -0.235. The second-order valence-electron chi connectivity index (χ2n) is 8.39. The number of hydrogen-bond acceptors (Lipinski definition) is 9. The van der Waals surface area contributed by atoms with Gasteiger partial charge in [0.15, 0.2) is 0 Å². The van der Waals surface area contributed by atoms with Gasteiger partial charge in [-0.3, -0.25) is 10.1 Å². The lowest BCUT2D eigenvalue weighted by Gasteiger charge is -2.24. The fourth-order valence-electron chi connectivity index (χ4n) is 3.16. The Morgan fingerprint density at radius 1 is 1.42 bits per heavy atom. The van der Waals surface area contributed by atoms with Crippen molar-refractivity contribution in [2.75, 3.05) is 30.3 Å². The molecule has 1 fully saturated rings. The minimum atomic E-state index is -0.599. The molecule has 0 spiro atoms. The fourth-order valence-corrected chi connectivity index (χ4v) is 3.16. The van der Waals surface area contributed by atoms with Gasteiger partial charge >= 0.3 is 11.8 Å². The Morgan fingerprint density at radius 2 is 2.21 bits per heavy atom. The van der Waals surface area contributed by atoms with Gasteiger partial charge in [0.05, 0.1) is 4.92 Å². The third kappa shape index (κ3) is 6.70. The van der Waals surface area contributed by atoms with Crippen LogP contribution in [0.1, 0.15) is 27.2 Å². The van der Waals surface area contributed by atoms with Crippen LogP contribution in [0.4, 0.5) is 27.9 Å². The van der Waals surface area contributed by atoms with Gasteiger partial charge in [0.1, 0.15) is 24.2 Å². The van der Waals surface area contributed by atoms with Gasteiger partial charge in [-0.15, -0.1) is 6.42 Å². The summed E-state index contributed by atoms with van der Waals surface area (Å²) in [5.74, 6) is 3.18. The van der Waals surface area contributed by atoms with Crippen molar-refractivity contribution >= 4 is 29.2 Å². The topological polar surface area (TPSA) is 132 Å². The third-order valence-corrected chi connectivity index (χ3v) is 4.56. The SMILES string of the molecule is C#CCOc1cccc(Nc2ncc([N+](=O)[O-])c(NC3CCN(C(=O)OC(C)(C)C)C3)n2)c1. The molecule has 1 aromatic heterocycles. The van der Waals surface area contributed by atoms with Crippen LogP contribution in [0.2, 0.25) is 0 Å². The summed E-state index contributed by atoms with van der Waals surface area (Å²) in [6.07, 6.45) is 6.52. The van der Waals surface area contributed by atoms with Crippen molar-refractivity contribution in [2.24, 2.45) is 0 Å². The molecule has 1 amide bonds. The lowest BCUT2D eigenvalue weighted by atomic mass is 10.2. The number of hydrogen-bond donors (Lipinski definition) is 2. The monoisotopic (exact) mass is 454 g/mol. The van der Waals surface area contributed by atoms with Gasteiger partial charge < -0.3 is 25.0 Å². The number of aromatic nitrogens is 2. The first-order valence-corrected chi connectivity index (χ1v) is 10.3. The van der Waals surface area contributed by atoms with E-state index in [2.05, 4.69) is 26.5 Å². The Morgan fingerprint density at radius 3 is 2.91 bits per heavy atom. The molecule has 174 valence electrons. The molecule has 1 aliphatic rings. The Kier molecular flexibility index (Phi) is 7.17. The highest BCUT2D eigenvalue weighted by molar-refractivity contribution is 5.69. The van der Waals surface area contributed by atoms with E-state index in [0.717, 1.165) is 6.20 Å². The molecule has 1 saturated heterocycles. The van der Waals surface area contributed by atoms with Crippen molar-refractivity contribution in [3.8, 4) is 18.1 Å². The largest absolute Gasteiger partial charge is 0.481 e. The number of carbonyl (C=O) groups excluding carboxylic acids is 1. The molecule has 0 saturated carbocycles. The molecule has 2 aromatic rings. The number of rotatable bonds is 7. The van der Waals surface area contributed by atoms with Gasteiger partial charge in [0, 0.05) is 30.9 Å². The second-order valence-corrected chi connectivity index (χ2v) is 8.39. The predicted molar refractivity (Wildman–Crippen MR) is 123 cm³/mol. The van der Waals surface area contributed by atoms with Gasteiger partial charge in [-0.05, 0) is 39.3 Å². The second kappa shape index (κ2) is 10.0. The van der Waals surface area contributed by atoms with Gasteiger partial charge in [-0.1, -0.05) is 12.0 Å². The number of ether oxygens (including phenoxy) is 2. The van der Waals surface area contributed by atoms with E-state index in [0.29, 0.717) is 30.9 Å². The zero-order valence-corrected chi connectivity index (χ0v) is 18.7. The number of amides is 1. The quantitative estimate of drug-likeness (QED) is 0.366. The number of nitrogens with zero attached hydrogens (tertiary/aromatic N) is 4. The molecule has 1 atom stereocenters. The van der Waals surface area contributed by atoms with Crippen molar-refractivity contribution in [3.63, 3.8) is 0 Å². The summed E-state index contributed by atoms with van der Waals surface area (Å²) in [6.45, 7) is 6.34. The zero-order valence-electron chi connectivity index (χ0n) is 18.7. The first-order valence-electron chi connectivity index (χ1n) is 10.3. The predicted octanol–water partition coefficient (Wildman–Crippen LogP) is 3.56. The van der Waals surface area contributed by atoms with Crippen molar-refractivity contribution < 1.29 is 19.2 Å². The van der Waals surface area contributed by atoms with Gasteiger partial charge in [0.25, 0.3) is 0 Å². The lowest BCUT2D eigenvalue weighted by Crippen LogP contribution is -2.36. The number of carbonyl (C=O) groups is 1. The Hall–Kier alpha value is -4.07. The minimum absolute atomic E-state index is 0.0632. The molecule has 11 heteroatoms. The van der Waals surface area contributed by atoms with Crippen molar-refractivity contribution in [1.29, 1.82) is 0 Å². The highest BCUT2D eigenvalue weighted by Gasteiger charge is 2.31. The average Bonchev–Trinajstić information content (AvgIpc) is 3.20. The van der Waals surface area contributed by atoms with Crippen molar-refractivity contribution in [3.05, 3.63) is 40.6 Å². The number of likely N-dealkylation sites (tertiary alicyclic amines) is 1. The van der Waals surface area contributed by atoms with Crippen LogP contribution in [0.3, 0.4) is 0 Å². The molecular weight excluding hydrogens is 428 g/mol. The minimum Gasteiger partial charge on any atom is -0.481 e. The maximum absolute atomic E-state index is 12.3. The van der Waals surface area contributed by atoms with Crippen LogP contribution in [-0.4, -0.2) is 57.2 Å². The van der Waals surface area contributed by atoms with Crippen LogP contribution in [0.15, 0.2) is 30.5 Å². The number of nitro groups is 1. The molecule has 33 heavy (non-hydrogen) atoms. The summed E-state index contributed by atoms with van der Waals surface area (Å²) in [4.78, 5) is 33.1. The Balaban J connectivity index is 1.72. The van der Waals surface area contributed by atoms with Gasteiger partial charge in [-0.2, -0.15) is 4.98 Å².